The lowest BCUT2D eigenvalue weighted by Gasteiger charge is -2.27. The average molecular weight is 482 g/mol. The fourth-order valence-corrected chi connectivity index (χ4v) is 3.81. The number of benzene rings is 2. The minimum Gasteiger partial charge on any atom is -0.398 e. The Morgan fingerprint density at radius 2 is 1.60 bits per heavy atom. The number of imide groups is 2. The van der Waals surface area contributed by atoms with Crippen molar-refractivity contribution in [1.29, 1.82) is 0 Å². The molecular formula is C22H18N4O9. The molecular weight excluding hydrogens is 464 g/mol. The average Bonchev–Trinajstić information content (AvgIpc) is 3.22. The summed E-state index contributed by atoms with van der Waals surface area (Å²) in [6, 6.07) is 7.44. The lowest BCUT2D eigenvalue weighted by Crippen LogP contribution is -2.54. The Bertz CT molecular complexity index is 1330. The van der Waals surface area contributed by atoms with Gasteiger partial charge in [0.25, 0.3) is 17.5 Å². The first kappa shape index (κ1) is 24.7. The SMILES string of the molecule is C.Nc1cccc2c1C(=O)N(C1CCC(=O)NC1=O)C2=O.O=C1OC(=O)c2c1cccc2[N+](=O)[O-]. The number of esters is 2. The molecule has 180 valence electrons. The molecule has 1 atom stereocenters. The highest BCUT2D eigenvalue weighted by atomic mass is 16.6. The van der Waals surface area contributed by atoms with Crippen LogP contribution >= 0.6 is 0 Å². The van der Waals surface area contributed by atoms with Crippen molar-refractivity contribution in [3.63, 3.8) is 0 Å². The maximum atomic E-state index is 12.3. The van der Waals surface area contributed by atoms with E-state index >= 15 is 0 Å². The van der Waals surface area contributed by atoms with Gasteiger partial charge in [0.1, 0.15) is 6.04 Å². The van der Waals surface area contributed by atoms with Crippen LogP contribution in [0.4, 0.5) is 11.4 Å². The number of nitrogens with zero attached hydrogens (tertiary/aromatic N) is 2. The van der Waals surface area contributed by atoms with Crippen molar-refractivity contribution >= 4 is 46.9 Å². The van der Waals surface area contributed by atoms with Crippen molar-refractivity contribution in [2.45, 2.75) is 26.3 Å². The number of hydrogen-bond acceptors (Lipinski definition) is 10. The number of hydrogen-bond donors (Lipinski definition) is 2. The first-order chi connectivity index (χ1) is 16.1. The van der Waals surface area contributed by atoms with Crippen molar-refractivity contribution in [2.24, 2.45) is 0 Å². The Morgan fingerprint density at radius 1 is 0.943 bits per heavy atom. The summed E-state index contributed by atoms with van der Waals surface area (Å²) in [5.41, 5.74) is 5.53. The van der Waals surface area contributed by atoms with E-state index < -0.39 is 52.2 Å². The van der Waals surface area contributed by atoms with E-state index in [9.17, 15) is 38.9 Å². The molecule has 0 spiro atoms. The van der Waals surface area contributed by atoms with Gasteiger partial charge in [0.05, 0.1) is 21.6 Å². The van der Waals surface area contributed by atoms with Crippen LogP contribution < -0.4 is 11.1 Å². The van der Waals surface area contributed by atoms with E-state index in [0.29, 0.717) is 0 Å². The van der Waals surface area contributed by atoms with E-state index in [1.165, 1.54) is 24.3 Å². The minimum absolute atomic E-state index is 0. The lowest BCUT2D eigenvalue weighted by atomic mass is 10.0. The van der Waals surface area contributed by atoms with Crippen LogP contribution in [0.5, 0.6) is 0 Å². The van der Waals surface area contributed by atoms with Crippen molar-refractivity contribution in [2.75, 3.05) is 5.73 Å². The largest absolute Gasteiger partial charge is 0.398 e. The number of fused-ring (bicyclic) bond motifs is 2. The number of carbonyl (C=O) groups excluding carboxylic acids is 6. The third-order valence-electron chi connectivity index (χ3n) is 5.35. The van der Waals surface area contributed by atoms with E-state index in [1.807, 2.05) is 0 Å². The Balaban J connectivity index is 0.000000202. The number of ether oxygens (including phenoxy) is 1. The van der Waals surface area contributed by atoms with Gasteiger partial charge in [-0.2, -0.15) is 0 Å². The maximum Gasteiger partial charge on any atom is 0.353 e. The standard InChI is InChI=1S/C13H11N3O4.C8H3NO5.CH4/c14-7-3-1-2-6-10(7)13(20)16(12(6)19)8-4-5-9(17)15-11(8)18;10-7-4-2-1-3-5(9(12)13)6(4)8(11)14-7;/h1-3,8H,4-5,14H2,(H,15,17,18);1-3H;1H4. The van der Waals surface area contributed by atoms with Gasteiger partial charge < -0.3 is 10.5 Å². The van der Waals surface area contributed by atoms with E-state index in [0.717, 1.165) is 11.0 Å². The van der Waals surface area contributed by atoms with Gasteiger partial charge in [-0.25, -0.2) is 9.59 Å². The zero-order valence-corrected chi connectivity index (χ0v) is 17.1. The maximum absolute atomic E-state index is 12.3. The molecule has 3 aliphatic rings. The molecule has 1 unspecified atom stereocenters. The van der Waals surface area contributed by atoms with Crippen LogP contribution in [0.15, 0.2) is 36.4 Å². The third-order valence-corrected chi connectivity index (χ3v) is 5.35. The number of nitrogens with one attached hydrogen (secondary N) is 1. The summed E-state index contributed by atoms with van der Waals surface area (Å²) in [5, 5.41) is 12.6. The summed E-state index contributed by atoms with van der Waals surface area (Å²) >= 11 is 0. The first-order valence-corrected chi connectivity index (χ1v) is 9.75. The highest BCUT2D eigenvalue weighted by Gasteiger charge is 2.45. The van der Waals surface area contributed by atoms with E-state index in [4.69, 9.17) is 5.73 Å². The lowest BCUT2D eigenvalue weighted by molar-refractivity contribution is -0.385. The van der Waals surface area contributed by atoms with Crippen LogP contribution in [0, 0.1) is 10.1 Å². The van der Waals surface area contributed by atoms with Crippen molar-refractivity contribution in [3.8, 4) is 0 Å². The van der Waals surface area contributed by atoms with Crippen molar-refractivity contribution in [3.05, 3.63) is 68.8 Å². The molecule has 0 aromatic heterocycles. The Kier molecular flexibility index (Phi) is 6.44. The number of amides is 4. The monoisotopic (exact) mass is 482 g/mol. The minimum atomic E-state index is -0.961. The Hall–Kier alpha value is -4.94. The molecule has 13 nitrogen and oxygen atoms in total. The van der Waals surface area contributed by atoms with Gasteiger partial charge in [-0.05, 0) is 24.6 Å². The summed E-state index contributed by atoms with van der Waals surface area (Å²) in [6.45, 7) is 0. The molecule has 13 heteroatoms. The third kappa shape index (κ3) is 4.10. The van der Waals surface area contributed by atoms with Crippen molar-refractivity contribution < 1.29 is 38.4 Å². The predicted octanol–water partition coefficient (Wildman–Crippen LogP) is 1.21. The van der Waals surface area contributed by atoms with Gasteiger partial charge in [0, 0.05) is 18.2 Å². The second-order valence-corrected chi connectivity index (χ2v) is 7.35. The molecule has 0 radical (unpaired) electrons. The normalized spacial score (nSPS) is 18.1. The van der Waals surface area contributed by atoms with E-state index in [1.54, 1.807) is 6.07 Å². The number of carbonyl (C=O) groups is 6. The summed E-state index contributed by atoms with van der Waals surface area (Å²) in [5.74, 6) is -3.97. The number of nitrogen functional groups attached to an aromatic ring is 1. The van der Waals surface area contributed by atoms with Crippen LogP contribution in [-0.4, -0.2) is 51.4 Å². The molecule has 5 rings (SSSR count). The molecule has 0 saturated carbocycles. The number of nitro benzene ring substituents is 1. The van der Waals surface area contributed by atoms with Gasteiger partial charge in [0.2, 0.25) is 11.8 Å². The van der Waals surface area contributed by atoms with E-state index in [-0.39, 0.29) is 48.2 Å². The quantitative estimate of drug-likeness (QED) is 0.157. The van der Waals surface area contributed by atoms with Gasteiger partial charge in [-0.1, -0.05) is 19.6 Å². The smallest absolute Gasteiger partial charge is 0.353 e. The number of nitrogens with two attached hydrogens (primary N) is 1. The molecule has 1 fully saturated rings. The Labute approximate surface area is 197 Å². The van der Waals surface area contributed by atoms with Gasteiger partial charge in [-0.15, -0.1) is 0 Å². The topological polar surface area (TPSA) is 196 Å². The van der Waals surface area contributed by atoms with Gasteiger partial charge in [0.15, 0.2) is 5.56 Å². The fourth-order valence-electron chi connectivity index (χ4n) is 3.81. The molecule has 3 aliphatic heterocycles. The van der Waals surface area contributed by atoms with Crippen LogP contribution in [0.2, 0.25) is 0 Å². The second-order valence-electron chi connectivity index (χ2n) is 7.35. The van der Waals surface area contributed by atoms with Crippen LogP contribution in [0.3, 0.4) is 0 Å². The molecule has 1 saturated heterocycles. The fraction of sp³-hybridized carbons (Fsp3) is 0.182. The predicted molar refractivity (Wildman–Crippen MR) is 117 cm³/mol. The zero-order chi connectivity index (χ0) is 24.7. The zero-order valence-electron chi connectivity index (χ0n) is 17.1. The van der Waals surface area contributed by atoms with Crippen LogP contribution in [-0.2, 0) is 14.3 Å². The summed E-state index contributed by atoms with van der Waals surface area (Å²) in [4.78, 5) is 80.2. The number of cyclic esters (lactones) is 2. The number of rotatable bonds is 2. The molecule has 0 bridgehead atoms. The van der Waals surface area contributed by atoms with Crippen LogP contribution in [0.1, 0.15) is 61.7 Å². The highest BCUT2D eigenvalue weighted by Crippen LogP contribution is 2.31. The number of nitro groups is 1. The molecule has 35 heavy (non-hydrogen) atoms. The number of piperidine rings is 1. The first-order valence-electron chi connectivity index (χ1n) is 9.75. The summed E-state index contributed by atoms with van der Waals surface area (Å²) < 4.78 is 4.24. The summed E-state index contributed by atoms with van der Waals surface area (Å²) in [7, 11) is 0. The highest BCUT2D eigenvalue weighted by molar-refractivity contribution is 6.25. The molecule has 2 aromatic carbocycles. The summed E-state index contributed by atoms with van der Waals surface area (Å²) in [6.07, 6.45) is 0.231. The van der Waals surface area contributed by atoms with Crippen molar-refractivity contribution in [1.82, 2.24) is 10.2 Å². The molecule has 4 amide bonds. The molecule has 3 N–H and O–H groups in total. The van der Waals surface area contributed by atoms with Gasteiger partial charge >= 0.3 is 11.9 Å². The molecule has 3 heterocycles. The number of anilines is 1. The van der Waals surface area contributed by atoms with E-state index in [2.05, 4.69) is 10.1 Å². The molecule has 0 aliphatic carbocycles. The Morgan fingerprint density at radius 3 is 2.23 bits per heavy atom. The van der Waals surface area contributed by atoms with Crippen LogP contribution in [0.25, 0.3) is 0 Å². The molecule has 2 aromatic rings. The second kappa shape index (κ2) is 9.13. The van der Waals surface area contributed by atoms with Gasteiger partial charge in [-0.3, -0.25) is 39.5 Å².